The SMILES string of the molecule is N#Cc1cc(OCC(=O)CCCC23CC(NC(=O)COc4ccc(Cl)c(F)c4)(C2)C3)ccn1. The number of rotatable bonds is 11. The van der Waals surface area contributed by atoms with Gasteiger partial charge in [-0.2, -0.15) is 5.26 Å². The number of pyridine rings is 1. The van der Waals surface area contributed by atoms with Gasteiger partial charge in [-0.1, -0.05) is 11.6 Å². The minimum Gasteiger partial charge on any atom is -0.486 e. The number of ether oxygens (including phenoxy) is 2. The number of benzene rings is 1. The van der Waals surface area contributed by atoms with Crippen molar-refractivity contribution in [3.05, 3.63) is 53.1 Å². The van der Waals surface area contributed by atoms with Crippen LogP contribution in [0.1, 0.15) is 44.2 Å². The van der Waals surface area contributed by atoms with Gasteiger partial charge in [-0.25, -0.2) is 9.37 Å². The number of aromatic nitrogens is 1. The second-order valence-electron chi connectivity index (χ2n) is 8.89. The average Bonchev–Trinajstić information content (AvgIpc) is 2.76. The molecule has 3 saturated carbocycles. The third-order valence-electron chi connectivity index (χ3n) is 6.21. The van der Waals surface area contributed by atoms with Crippen LogP contribution in [0.3, 0.4) is 0 Å². The first kappa shape index (κ1) is 23.0. The molecule has 0 spiro atoms. The summed E-state index contributed by atoms with van der Waals surface area (Å²) in [6.07, 6.45) is 6.32. The minimum absolute atomic E-state index is 0.00290. The molecular weight excluding hydrogens is 449 g/mol. The molecule has 3 aliphatic carbocycles. The van der Waals surface area contributed by atoms with Gasteiger partial charge in [0, 0.05) is 30.3 Å². The van der Waals surface area contributed by atoms with E-state index in [0.717, 1.165) is 38.2 Å². The Morgan fingerprint density at radius 3 is 2.61 bits per heavy atom. The third kappa shape index (κ3) is 5.42. The molecule has 0 radical (unpaired) electrons. The smallest absolute Gasteiger partial charge is 0.258 e. The highest BCUT2D eigenvalue weighted by atomic mass is 35.5. The lowest BCUT2D eigenvalue weighted by atomic mass is 9.38. The third-order valence-corrected chi connectivity index (χ3v) is 6.52. The molecule has 5 rings (SSSR count). The molecule has 2 bridgehead atoms. The Morgan fingerprint density at radius 1 is 1.15 bits per heavy atom. The summed E-state index contributed by atoms with van der Waals surface area (Å²) in [5.74, 6) is -0.106. The predicted octanol–water partition coefficient (Wildman–Crippen LogP) is 3.98. The summed E-state index contributed by atoms with van der Waals surface area (Å²) in [7, 11) is 0. The Morgan fingerprint density at radius 2 is 1.88 bits per heavy atom. The molecule has 0 saturated heterocycles. The van der Waals surface area contributed by atoms with Gasteiger partial charge in [0.05, 0.1) is 5.02 Å². The van der Waals surface area contributed by atoms with Crippen LogP contribution in [-0.4, -0.2) is 35.4 Å². The van der Waals surface area contributed by atoms with Crippen LogP contribution in [0.25, 0.3) is 0 Å². The number of Topliss-reactive ketones (excluding diaryl/α,β-unsaturated/α-hetero) is 1. The summed E-state index contributed by atoms with van der Waals surface area (Å²) in [4.78, 5) is 28.2. The van der Waals surface area contributed by atoms with E-state index in [1.807, 2.05) is 6.07 Å². The number of carbonyl (C=O) groups is 2. The molecule has 3 fully saturated rings. The van der Waals surface area contributed by atoms with Crippen LogP contribution in [0.15, 0.2) is 36.5 Å². The van der Waals surface area contributed by atoms with Crippen molar-refractivity contribution in [2.24, 2.45) is 5.41 Å². The Labute approximate surface area is 195 Å². The Kier molecular flexibility index (Phi) is 6.52. The van der Waals surface area contributed by atoms with Gasteiger partial charge in [0.2, 0.25) is 0 Å². The topological polar surface area (TPSA) is 101 Å². The Balaban J connectivity index is 1.11. The fourth-order valence-electron chi connectivity index (χ4n) is 4.90. The molecular formula is C24H23ClFN3O4. The molecule has 1 heterocycles. The highest BCUT2D eigenvalue weighted by Gasteiger charge is 2.67. The predicted molar refractivity (Wildman–Crippen MR) is 117 cm³/mol. The van der Waals surface area contributed by atoms with Gasteiger partial charge < -0.3 is 14.8 Å². The van der Waals surface area contributed by atoms with Crippen LogP contribution < -0.4 is 14.8 Å². The molecule has 0 aliphatic heterocycles. The van der Waals surface area contributed by atoms with Crippen LogP contribution in [0.5, 0.6) is 11.5 Å². The van der Waals surface area contributed by atoms with E-state index in [9.17, 15) is 14.0 Å². The minimum atomic E-state index is -0.591. The number of nitrogens with zero attached hydrogens (tertiary/aromatic N) is 2. The van der Waals surface area contributed by atoms with Gasteiger partial charge in [0.1, 0.15) is 35.7 Å². The van der Waals surface area contributed by atoms with Crippen molar-refractivity contribution in [2.75, 3.05) is 13.2 Å². The summed E-state index contributed by atoms with van der Waals surface area (Å²) >= 11 is 5.63. The zero-order chi connectivity index (χ0) is 23.5. The molecule has 7 nitrogen and oxygen atoms in total. The van der Waals surface area contributed by atoms with E-state index in [4.69, 9.17) is 26.3 Å². The summed E-state index contributed by atoms with van der Waals surface area (Å²) in [6.45, 7) is -0.211. The highest BCUT2D eigenvalue weighted by Crippen LogP contribution is 2.69. The van der Waals surface area contributed by atoms with Crippen molar-refractivity contribution in [1.29, 1.82) is 5.26 Å². The second kappa shape index (κ2) is 9.36. The summed E-state index contributed by atoms with van der Waals surface area (Å²) in [5.41, 5.74) is 0.287. The van der Waals surface area contributed by atoms with Crippen LogP contribution >= 0.6 is 11.6 Å². The van der Waals surface area contributed by atoms with E-state index < -0.39 is 5.82 Å². The van der Waals surface area contributed by atoms with Gasteiger partial charge in [0.25, 0.3) is 5.91 Å². The summed E-state index contributed by atoms with van der Waals surface area (Å²) < 4.78 is 24.2. The molecule has 9 heteroatoms. The maximum atomic E-state index is 13.4. The maximum Gasteiger partial charge on any atom is 0.258 e. The monoisotopic (exact) mass is 471 g/mol. The molecule has 0 unspecified atom stereocenters. The average molecular weight is 472 g/mol. The molecule has 0 atom stereocenters. The van der Waals surface area contributed by atoms with Crippen LogP contribution in [0.2, 0.25) is 5.02 Å². The van der Waals surface area contributed by atoms with Crippen LogP contribution in [0, 0.1) is 22.6 Å². The van der Waals surface area contributed by atoms with Crippen molar-refractivity contribution in [1.82, 2.24) is 10.3 Å². The lowest BCUT2D eigenvalue weighted by Gasteiger charge is -2.71. The molecule has 172 valence electrons. The highest BCUT2D eigenvalue weighted by molar-refractivity contribution is 6.30. The summed E-state index contributed by atoms with van der Waals surface area (Å²) in [5, 5.41) is 11.9. The number of carbonyl (C=O) groups excluding carboxylic acids is 2. The van der Waals surface area contributed by atoms with E-state index in [-0.39, 0.29) is 52.3 Å². The van der Waals surface area contributed by atoms with Gasteiger partial charge in [-0.15, -0.1) is 0 Å². The Bertz CT molecular complexity index is 1100. The number of hydrogen-bond donors (Lipinski definition) is 1. The number of halogens is 2. The standard InChI is InChI=1S/C24H23ClFN3O4/c25-20-4-3-18(9-21(20)26)33-12-22(31)29-24-13-23(14-24,15-24)6-1-2-17(30)11-32-19-5-7-28-16(8-19)10-27/h3-5,7-9H,1-2,6,11-15H2,(H,29,31). The van der Waals surface area contributed by atoms with Gasteiger partial charge >= 0.3 is 0 Å². The number of amides is 1. The lowest BCUT2D eigenvalue weighted by Crippen LogP contribution is -2.74. The number of ketones is 1. The fourth-order valence-corrected chi connectivity index (χ4v) is 5.02. The molecule has 1 amide bonds. The first-order chi connectivity index (χ1) is 15.8. The van der Waals surface area contributed by atoms with Crippen LogP contribution in [-0.2, 0) is 9.59 Å². The van der Waals surface area contributed by atoms with E-state index >= 15 is 0 Å². The second-order valence-corrected chi connectivity index (χ2v) is 9.30. The van der Waals surface area contributed by atoms with Crippen molar-refractivity contribution < 1.29 is 23.5 Å². The molecule has 1 aromatic carbocycles. The molecule has 1 aromatic heterocycles. The van der Waals surface area contributed by atoms with E-state index in [1.54, 1.807) is 6.07 Å². The first-order valence-electron chi connectivity index (χ1n) is 10.7. The van der Waals surface area contributed by atoms with E-state index in [1.165, 1.54) is 24.4 Å². The zero-order valence-electron chi connectivity index (χ0n) is 17.9. The van der Waals surface area contributed by atoms with Crippen molar-refractivity contribution in [3.8, 4) is 17.6 Å². The van der Waals surface area contributed by atoms with E-state index in [0.29, 0.717) is 12.2 Å². The molecule has 3 aliphatic rings. The lowest BCUT2D eigenvalue weighted by molar-refractivity contribution is -0.170. The summed E-state index contributed by atoms with van der Waals surface area (Å²) in [6, 6.07) is 9.10. The zero-order valence-corrected chi connectivity index (χ0v) is 18.7. The van der Waals surface area contributed by atoms with Crippen molar-refractivity contribution in [2.45, 2.75) is 44.1 Å². The maximum absolute atomic E-state index is 13.4. The Hall–Kier alpha value is -3.18. The largest absolute Gasteiger partial charge is 0.486 e. The number of nitrogens with one attached hydrogen (secondary N) is 1. The normalized spacial score (nSPS) is 22.3. The van der Waals surface area contributed by atoms with Gasteiger partial charge in [0.15, 0.2) is 12.4 Å². The van der Waals surface area contributed by atoms with Gasteiger partial charge in [-0.05, 0) is 55.7 Å². The van der Waals surface area contributed by atoms with Crippen molar-refractivity contribution >= 4 is 23.3 Å². The molecule has 1 N–H and O–H groups in total. The number of nitriles is 1. The molecule has 33 heavy (non-hydrogen) atoms. The quantitative estimate of drug-likeness (QED) is 0.532. The number of hydrogen-bond acceptors (Lipinski definition) is 6. The van der Waals surface area contributed by atoms with E-state index in [2.05, 4.69) is 10.3 Å². The van der Waals surface area contributed by atoms with Crippen molar-refractivity contribution in [3.63, 3.8) is 0 Å². The fraction of sp³-hybridized carbons (Fsp3) is 0.417. The first-order valence-corrected chi connectivity index (χ1v) is 11.1. The van der Waals surface area contributed by atoms with Crippen LogP contribution in [0.4, 0.5) is 4.39 Å². The molecule has 2 aromatic rings. The van der Waals surface area contributed by atoms with Gasteiger partial charge in [-0.3, -0.25) is 9.59 Å².